The number of thiol groups is 1. The third-order valence-corrected chi connectivity index (χ3v) is 5.02. The number of carbonyl (C=O) groups excluding carboxylic acids is 4. The van der Waals surface area contributed by atoms with E-state index in [0.717, 1.165) is 0 Å². The number of aliphatic hydroxyl groups excluding tert-OH is 1. The summed E-state index contributed by atoms with van der Waals surface area (Å²) in [5.74, 6) is -4.85. The molecule has 0 saturated carbocycles. The van der Waals surface area contributed by atoms with Gasteiger partial charge in [0.25, 0.3) is 0 Å². The summed E-state index contributed by atoms with van der Waals surface area (Å²) in [5, 5.41) is 34.2. The largest absolute Gasteiger partial charge is 0.508 e. The molecule has 0 aliphatic rings. The van der Waals surface area contributed by atoms with E-state index in [1.165, 1.54) is 12.1 Å². The molecule has 0 aliphatic heterocycles. The second kappa shape index (κ2) is 14.0. The van der Waals surface area contributed by atoms with Gasteiger partial charge in [-0.25, -0.2) is 4.79 Å². The van der Waals surface area contributed by atoms with Gasteiger partial charge in [0.05, 0.1) is 12.6 Å². The van der Waals surface area contributed by atoms with Gasteiger partial charge in [0.1, 0.15) is 23.9 Å². The highest BCUT2D eigenvalue weighted by molar-refractivity contribution is 7.80. The van der Waals surface area contributed by atoms with Crippen LogP contribution in [0.2, 0.25) is 0 Å². The van der Waals surface area contributed by atoms with Gasteiger partial charge in [-0.1, -0.05) is 12.1 Å². The fourth-order valence-corrected chi connectivity index (χ4v) is 2.99. The van der Waals surface area contributed by atoms with Crippen LogP contribution in [0.5, 0.6) is 5.75 Å². The lowest BCUT2D eigenvalue weighted by Crippen LogP contribution is -2.58. The molecule has 188 valence electrons. The van der Waals surface area contributed by atoms with Gasteiger partial charge >= 0.3 is 5.97 Å². The standard InChI is InChI=1S/C20H29N5O8S/c21-12(7-10-1-3-11(27)4-2-10)17(29)25-15(9-34)19(31)23-13(5-6-16(22)28)18(30)24-14(8-26)20(32)33/h1-4,12-15,26-27,34H,5-9,21H2,(H2,22,28)(H,23,31)(H,24,30)(H,25,29)(H,32,33). The monoisotopic (exact) mass is 499 g/mol. The molecule has 34 heavy (non-hydrogen) atoms. The highest BCUT2D eigenvalue weighted by Gasteiger charge is 2.30. The number of phenols is 1. The Morgan fingerprint density at radius 2 is 1.44 bits per heavy atom. The Bertz CT molecular complexity index is 882. The van der Waals surface area contributed by atoms with E-state index >= 15 is 0 Å². The second-order valence-corrected chi connectivity index (χ2v) is 7.73. The summed E-state index contributed by atoms with van der Waals surface area (Å²) >= 11 is 4.04. The fourth-order valence-electron chi connectivity index (χ4n) is 2.74. The Morgan fingerprint density at radius 1 is 0.912 bits per heavy atom. The fraction of sp³-hybridized carbons (Fsp3) is 0.450. The summed E-state index contributed by atoms with van der Waals surface area (Å²) in [4.78, 5) is 59.7. The van der Waals surface area contributed by atoms with Crippen LogP contribution < -0.4 is 27.4 Å². The number of nitrogens with one attached hydrogen (secondary N) is 3. The molecule has 0 spiro atoms. The zero-order valence-corrected chi connectivity index (χ0v) is 19.0. The molecule has 4 atom stereocenters. The molecule has 0 saturated heterocycles. The first-order valence-corrected chi connectivity index (χ1v) is 10.8. The first-order chi connectivity index (χ1) is 16.0. The molecule has 0 aromatic heterocycles. The Kier molecular flexibility index (Phi) is 11.8. The molecule has 1 aromatic carbocycles. The Labute approximate surface area is 200 Å². The number of amides is 4. The molecule has 4 unspecified atom stereocenters. The molecule has 0 bridgehead atoms. The number of benzene rings is 1. The lowest BCUT2D eigenvalue weighted by atomic mass is 10.1. The summed E-state index contributed by atoms with van der Waals surface area (Å²) in [6, 6.07) is 0.804. The van der Waals surface area contributed by atoms with Gasteiger partial charge in [0, 0.05) is 12.2 Å². The van der Waals surface area contributed by atoms with Crippen LogP contribution in [0.25, 0.3) is 0 Å². The van der Waals surface area contributed by atoms with Crippen LogP contribution in [0.4, 0.5) is 0 Å². The molecule has 0 heterocycles. The van der Waals surface area contributed by atoms with Gasteiger partial charge in [-0.3, -0.25) is 19.2 Å². The van der Waals surface area contributed by atoms with Gasteiger partial charge in [-0.05, 0) is 30.5 Å². The smallest absolute Gasteiger partial charge is 0.328 e. The lowest BCUT2D eigenvalue weighted by molar-refractivity contribution is -0.143. The minimum Gasteiger partial charge on any atom is -0.508 e. The van der Waals surface area contributed by atoms with Gasteiger partial charge in [0.2, 0.25) is 23.6 Å². The van der Waals surface area contributed by atoms with Crippen LogP contribution >= 0.6 is 12.6 Å². The molecule has 14 heteroatoms. The highest BCUT2D eigenvalue weighted by atomic mass is 32.1. The predicted molar refractivity (Wildman–Crippen MR) is 123 cm³/mol. The molecule has 0 radical (unpaired) electrons. The molecule has 1 aromatic rings. The molecular formula is C20H29N5O8S. The first-order valence-electron chi connectivity index (χ1n) is 10.2. The quantitative estimate of drug-likeness (QED) is 0.118. The van der Waals surface area contributed by atoms with Gasteiger partial charge < -0.3 is 42.7 Å². The molecule has 1 rings (SSSR count). The average Bonchev–Trinajstić information content (AvgIpc) is 2.78. The maximum Gasteiger partial charge on any atom is 0.328 e. The van der Waals surface area contributed by atoms with Gasteiger partial charge in [0.15, 0.2) is 0 Å². The van der Waals surface area contributed by atoms with Crippen LogP contribution in [-0.2, 0) is 30.4 Å². The number of carbonyl (C=O) groups is 5. The van der Waals surface area contributed by atoms with E-state index < -0.39 is 60.4 Å². The number of carboxylic acid groups (broad SMARTS) is 1. The van der Waals surface area contributed by atoms with Crippen LogP contribution in [0, 0.1) is 0 Å². The van der Waals surface area contributed by atoms with Crippen LogP contribution in [0.3, 0.4) is 0 Å². The van der Waals surface area contributed by atoms with E-state index in [-0.39, 0.29) is 30.8 Å². The van der Waals surface area contributed by atoms with Crippen molar-refractivity contribution in [2.45, 2.75) is 43.4 Å². The van der Waals surface area contributed by atoms with E-state index in [4.69, 9.17) is 21.7 Å². The molecule has 4 amide bonds. The van der Waals surface area contributed by atoms with E-state index in [1.54, 1.807) is 12.1 Å². The number of aromatic hydroxyl groups is 1. The zero-order valence-electron chi connectivity index (χ0n) is 18.1. The van der Waals surface area contributed by atoms with E-state index in [1.807, 2.05) is 5.32 Å². The lowest BCUT2D eigenvalue weighted by Gasteiger charge is -2.24. The maximum absolute atomic E-state index is 12.7. The molecule has 0 fully saturated rings. The Morgan fingerprint density at radius 3 is 1.94 bits per heavy atom. The maximum atomic E-state index is 12.7. The van der Waals surface area contributed by atoms with Gasteiger partial charge in [-0.15, -0.1) is 0 Å². The van der Waals surface area contributed by atoms with E-state index in [0.29, 0.717) is 5.56 Å². The van der Waals surface area contributed by atoms with Crippen molar-refractivity contribution in [2.24, 2.45) is 11.5 Å². The summed E-state index contributed by atoms with van der Waals surface area (Å²) < 4.78 is 0. The van der Waals surface area contributed by atoms with E-state index in [9.17, 15) is 29.1 Å². The Balaban J connectivity index is 2.82. The van der Waals surface area contributed by atoms with Crippen molar-refractivity contribution >= 4 is 42.2 Å². The van der Waals surface area contributed by atoms with Crippen molar-refractivity contribution in [3.05, 3.63) is 29.8 Å². The van der Waals surface area contributed by atoms with Crippen molar-refractivity contribution in [3.63, 3.8) is 0 Å². The van der Waals surface area contributed by atoms with Crippen molar-refractivity contribution < 1.29 is 39.3 Å². The number of phenolic OH excluding ortho intramolecular Hbond substituents is 1. The minimum atomic E-state index is -1.63. The SMILES string of the molecule is NC(=O)CCC(NC(=O)C(CS)NC(=O)C(N)Cc1ccc(O)cc1)C(=O)NC(CO)C(=O)O. The summed E-state index contributed by atoms with van der Waals surface area (Å²) in [5.41, 5.74) is 11.7. The third kappa shape index (κ3) is 9.64. The number of aliphatic carboxylic acids is 1. The van der Waals surface area contributed by atoms with Crippen LogP contribution in [-0.4, -0.2) is 81.4 Å². The minimum absolute atomic E-state index is 0.0529. The van der Waals surface area contributed by atoms with E-state index in [2.05, 4.69) is 23.3 Å². The Hall–Kier alpha value is -3.36. The first kappa shape index (κ1) is 28.7. The van der Waals surface area contributed by atoms with Crippen molar-refractivity contribution in [1.29, 1.82) is 0 Å². The summed E-state index contributed by atoms with van der Waals surface area (Å²) in [6.07, 6.45) is -0.433. The summed E-state index contributed by atoms with van der Waals surface area (Å²) in [6.45, 7) is -0.897. The number of primary amides is 1. The number of rotatable bonds is 14. The van der Waals surface area contributed by atoms with Crippen molar-refractivity contribution in [1.82, 2.24) is 16.0 Å². The number of carboxylic acids is 1. The number of hydrogen-bond acceptors (Lipinski definition) is 9. The molecule has 13 nitrogen and oxygen atoms in total. The third-order valence-electron chi connectivity index (χ3n) is 4.65. The highest BCUT2D eigenvalue weighted by Crippen LogP contribution is 2.11. The molecule has 10 N–H and O–H groups in total. The number of nitrogens with two attached hydrogens (primary N) is 2. The predicted octanol–water partition coefficient (Wildman–Crippen LogP) is -3.01. The van der Waals surface area contributed by atoms with Crippen molar-refractivity contribution in [2.75, 3.05) is 12.4 Å². The number of hydrogen-bond donors (Lipinski definition) is 9. The topological polar surface area (TPSA) is 234 Å². The second-order valence-electron chi connectivity index (χ2n) is 7.37. The zero-order chi connectivity index (χ0) is 25.8. The molecular weight excluding hydrogens is 470 g/mol. The normalized spacial score (nSPS) is 14.2. The number of aliphatic hydroxyl groups is 1. The van der Waals surface area contributed by atoms with Gasteiger partial charge in [-0.2, -0.15) is 12.6 Å². The van der Waals surface area contributed by atoms with Crippen LogP contribution in [0.15, 0.2) is 24.3 Å². The van der Waals surface area contributed by atoms with Crippen molar-refractivity contribution in [3.8, 4) is 5.75 Å². The average molecular weight is 500 g/mol. The molecule has 0 aliphatic carbocycles. The van der Waals surface area contributed by atoms with Crippen LogP contribution in [0.1, 0.15) is 18.4 Å². The summed E-state index contributed by atoms with van der Waals surface area (Å²) in [7, 11) is 0.